The normalized spacial score (nSPS) is 8.83. The van der Waals surface area contributed by atoms with Crippen molar-refractivity contribution in [2.75, 3.05) is 0 Å². The van der Waals surface area contributed by atoms with Crippen molar-refractivity contribution in [1.82, 2.24) is 4.98 Å². The van der Waals surface area contributed by atoms with E-state index in [0.717, 1.165) is 4.29 Å². The summed E-state index contributed by atoms with van der Waals surface area (Å²) in [6.07, 6.45) is 1.89. The Labute approximate surface area is 46.4 Å². The van der Waals surface area contributed by atoms with E-state index >= 15 is 0 Å². The summed E-state index contributed by atoms with van der Waals surface area (Å²) in [6.45, 7) is 0. The summed E-state index contributed by atoms with van der Waals surface area (Å²) >= 11 is 2.48. The van der Waals surface area contributed by atoms with Crippen molar-refractivity contribution in [2.45, 2.75) is 0 Å². The van der Waals surface area contributed by atoms with Crippen LogP contribution in [-0.2, 0) is 18.3 Å². The molecule has 6 heavy (non-hydrogen) atoms. The standard InChI is InChI=1S/C4H4N.Ru/c1-2-4-5-3-1;/h1-3,5H;. The van der Waals surface area contributed by atoms with Crippen LogP contribution in [0, 0.1) is 0 Å². The molecule has 1 nitrogen and oxygen atoms in total. The predicted molar refractivity (Wildman–Crippen MR) is 20.4 cm³/mol. The van der Waals surface area contributed by atoms with E-state index < -0.39 is 0 Å². The van der Waals surface area contributed by atoms with Gasteiger partial charge in [-0.3, -0.25) is 0 Å². The summed E-state index contributed by atoms with van der Waals surface area (Å²) in [4.78, 5) is 2.97. The molecule has 0 atom stereocenters. The average Bonchev–Trinajstić information content (AvgIpc) is 1.86. The Morgan fingerprint density at radius 1 is 1.67 bits per heavy atom. The molecule has 1 rings (SSSR count). The minimum atomic E-state index is 1.15. The van der Waals surface area contributed by atoms with Crippen LogP contribution in [0.15, 0.2) is 18.3 Å². The molecule has 0 aliphatic carbocycles. The first-order valence-corrected chi connectivity index (χ1v) is 2.54. The van der Waals surface area contributed by atoms with Gasteiger partial charge in [-0.2, -0.15) is 0 Å². The minimum absolute atomic E-state index is 1.15. The zero-order valence-electron chi connectivity index (χ0n) is 3.09. The Morgan fingerprint density at radius 2 is 2.50 bits per heavy atom. The summed E-state index contributed by atoms with van der Waals surface area (Å²) in [6, 6.07) is 3.96. The fraction of sp³-hybridized carbons (Fsp3) is 0. The van der Waals surface area contributed by atoms with Crippen LogP contribution < -0.4 is 4.29 Å². The maximum absolute atomic E-state index is 2.97. The zero-order chi connectivity index (χ0) is 4.41. The number of nitrogens with one attached hydrogen (secondary N) is 1. The summed E-state index contributed by atoms with van der Waals surface area (Å²) in [5, 5.41) is 0. The van der Waals surface area contributed by atoms with Crippen molar-refractivity contribution in [2.24, 2.45) is 0 Å². The molecule has 0 spiro atoms. The molecule has 0 saturated carbocycles. The summed E-state index contributed by atoms with van der Waals surface area (Å²) < 4.78 is 1.15. The van der Waals surface area contributed by atoms with Crippen LogP contribution in [0.5, 0.6) is 0 Å². The topological polar surface area (TPSA) is 15.8 Å². The van der Waals surface area contributed by atoms with Crippen molar-refractivity contribution >= 4 is 4.29 Å². The van der Waals surface area contributed by atoms with E-state index in [2.05, 4.69) is 23.3 Å². The van der Waals surface area contributed by atoms with Gasteiger partial charge < -0.3 is 0 Å². The molecule has 2 heteroatoms. The van der Waals surface area contributed by atoms with Gasteiger partial charge in [0.2, 0.25) is 0 Å². The SMILES string of the molecule is [Ru][c]1ccc[nH]1. The molecule has 0 aliphatic heterocycles. The van der Waals surface area contributed by atoms with E-state index in [1.807, 2.05) is 18.3 Å². The summed E-state index contributed by atoms with van der Waals surface area (Å²) in [5.74, 6) is 0. The Morgan fingerprint density at radius 3 is 2.67 bits per heavy atom. The van der Waals surface area contributed by atoms with Crippen LogP contribution in [0.3, 0.4) is 0 Å². The second-order valence-electron chi connectivity index (χ2n) is 1.00. The van der Waals surface area contributed by atoms with Crippen LogP contribution in [-0.4, -0.2) is 4.98 Å². The third kappa shape index (κ3) is 0.690. The molecular weight excluding hydrogens is 163 g/mol. The molecular formula is C4H4NRu. The predicted octanol–water partition coefficient (Wildman–Crippen LogP) is 0.187. The van der Waals surface area contributed by atoms with E-state index in [9.17, 15) is 0 Å². The average molecular weight is 167 g/mol. The first-order valence-electron chi connectivity index (χ1n) is 1.67. The molecule has 0 unspecified atom stereocenters. The van der Waals surface area contributed by atoms with Gasteiger partial charge >= 0.3 is 45.9 Å². The van der Waals surface area contributed by atoms with Gasteiger partial charge in [0.1, 0.15) is 0 Å². The molecule has 1 aromatic rings. The second kappa shape index (κ2) is 1.57. The maximum atomic E-state index is 2.97. The Bertz CT molecular complexity index is 111. The molecule has 0 aliphatic rings. The van der Waals surface area contributed by atoms with E-state index in [-0.39, 0.29) is 0 Å². The Balaban J connectivity index is 3.05. The van der Waals surface area contributed by atoms with Gasteiger partial charge in [0.25, 0.3) is 0 Å². The van der Waals surface area contributed by atoms with Gasteiger partial charge in [-0.05, 0) is 0 Å². The van der Waals surface area contributed by atoms with Gasteiger partial charge in [-0.25, -0.2) is 0 Å². The van der Waals surface area contributed by atoms with E-state index in [4.69, 9.17) is 0 Å². The molecule has 33 valence electrons. The molecule has 1 aromatic heterocycles. The Hall–Kier alpha value is -0.0966. The van der Waals surface area contributed by atoms with Crippen LogP contribution in [0.25, 0.3) is 0 Å². The Kier molecular flexibility index (Phi) is 1.06. The molecule has 0 fully saturated rings. The molecule has 0 bridgehead atoms. The quantitative estimate of drug-likeness (QED) is 0.531. The van der Waals surface area contributed by atoms with Crippen molar-refractivity contribution < 1.29 is 18.3 Å². The molecule has 0 saturated heterocycles. The van der Waals surface area contributed by atoms with Gasteiger partial charge in [-0.1, -0.05) is 0 Å². The number of aromatic amines is 1. The van der Waals surface area contributed by atoms with Gasteiger partial charge in [0.05, 0.1) is 0 Å². The van der Waals surface area contributed by atoms with Gasteiger partial charge in [0, 0.05) is 0 Å². The van der Waals surface area contributed by atoms with Crippen LogP contribution in [0.1, 0.15) is 0 Å². The van der Waals surface area contributed by atoms with Crippen molar-refractivity contribution in [3.05, 3.63) is 18.3 Å². The fourth-order valence-corrected chi connectivity index (χ4v) is 0.616. The second-order valence-corrected chi connectivity index (χ2v) is 1.94. The molecule has 0 radical (unpaired) electrons. The summed E-state index contributed by atoms with van der Waals surface area (Å²) in [5.41, 5.74) is 0. The van der Waals surface area contributed by atoms with Crippen molar-refractivity contribution in [3.8, 4) is 0 Å². The van der Waals surface area contributed by atoms with Crippen molar-refractivity contribution in [3.63, 3.8) is 0 Å². The number of H-pyrrole nitrogens is 1. The fourth-order valence-electron chi connectivity index (χ4n) is 0.304. The molecule has 1 heterocycles. The first kappa shape index (κ1) is 4.07. The molecule has 1 N–H and O–H groups in total. The van der Waals surface area contributed by atoms with E-state index in [0.29, 0.717) is 0 Å². The number of rotatable bonds is 0. The zero-order valence-corrected chi connectivity index (χ0v) is 4.82. The third-order valence-electron chi connectivity index (χ3n) is 0.552. The number of hydrogen-bond acceptors (Lipinski definition) is 0. The van der Waals surface area contributed by atoms with Crippen LogP contribution in [0.4, 0.5) is 0 Å². The van der Waals surface area contributed by atoms with Crippen molar-refractivity contribution in [1.29, 1.82) is 0 Å². The third-order valence-corrected chi connectivity index (χ3v) is 1.09. The van der Waals surface area contributed by atoms with Crippen LogP contribution in [0.2, 0.25) is 0 Å². The molecule has 0 aromatic carbocycles. The van der Waals surface area contributed by atoms with E-state index in [1.54, 1.807) is 0 Å². The van der Waals surface area contributed by atoms with Crippen LogP contribution >= 0.6 is 0 Å². The summed E-state index contributed by atoms with van der Waals surface area (Å²) in [7, 11) is 0. The number of aromatic nitrogens is 1. The van der Waals surface area contributed by atoms with Gasteiger partial charge in [-0.15, -0.1) is 0 Å². The molecule has 0 amide bonds. The first-order chi connectivity index (χ1) is 2.89. The van der Waals surface area contributed by atoms with E-state index in [1.165, 1.54) is 0 Å². The van der Waals surface area contributed by atoms with Gasteiger partial charge in [0.15, 0.2) is 0 Å². The monoisotopic (exact) mass is 168 g/mol. The number of hydrogen-bond donors (Lipinski definition) is 1.